The summed E-state index contributed by atoms with van der Waals surface area (Å²) in [6.07, 6.45) is 1.01. The summed E-state index contributed by atoms with van der Waals surface area (Å²) in [7, 11) is 0. The molecule has 0 saturated carbocycles. The van der Waals surface area contributed by atoms with Crippen LogP contribution in [0.25, 0.3) is 0 Å². The van der Waals surface area contributed by atoms with E-state index in [9.17, 15) is 5.11 Å². The van der Waals surface area contributed by atoms with Crippen molar-refractivity contribution in [2.45, 2.75) is 39.7 Å². The van der Waals surface area contributed by atoms with Gasteiger partial charge < -0.3 is 5.11 Å². The number of aliphatic hydroxyl groups is 1. The van der Waals surface area contributed by atoms with Gasteiger partial charge in [-0.3, -0.25) is 0 Å². The zero-order valence-corrected chi connectivity index (χ0v) is 10.2. The molecule has 0 aliphatic carbocycles. The summed E-state index contributed by atoms with van der Waals surface area (Å²) in [5.74, 6) is 0. The van der Waals surface area contributed by atoms with Crippen molar-refractivity contribution in [3.8, 4) is 0 Å². The van der Waals surface area contributed by atoms with Crippen LogP contribution in [0.15, 0.2) is 42.5 Å². The second-order valence-electron chi connectivity index (χ2n) is 4.74. The molecule has 0 spiro atoms. The third-order valence-electron chi connectivity index (χ3n) is 3.26. The van der Waals surface area contributed by atoms with Gasteiger partial charge in [-0.15, -0.1) is 0 Å². The van der Waals surface area contributed by atoms with Gasteiger partial charge >= 0.3 is 0 Å². The molecule has 0 bridgehead atoms. The van der Waals surface area contributed by atoms with Crippen molar-refractivity contribution in [2.75, 3.05) is 0 Å². The molecule has 0 aliphatic rings. The van der Waals surface area contributed by atoms with Crippen LogP contribution in [0.5, 0.6) is 0 Å². The average Bonchev–Trinajstić information content (AvgIpc) is 2.35. The maximum Gasteiger partial charge on any atom is 0.0631 e. The Morgan fingerprint density at radius 3 is 2.62 bits per heavy atom. The summed E-state index contributed by atoms with van der Waals surface area (Å²) in [6.45, 7) is 7.88. The summed E-state index contributed by atoms with van der Waals surface area (Å²) in [5.41, 5.74) is 1.61. The van der Waals surface area contributed by atoms with Crippen molar-refractivity contribution < 1.29 is 6.48 Å². The first-order chi connectivity index (χ1) is 8.00. The lowest BCUT2D eigenvalue weighted by molar-refractivity contribution is 0.0673. The lowest BCUT2D eigenvalue weighted by atomic mass is 9.78. The molecule has 2 atom stereocenters. The van der Waals surface area contributed by atoms with Crippen molar-refractivity contribution in [3.05, 3.63) is 48.0 Å². The fourth-order valence-corrected chi connectivity index (χ4v) is 1.55. The fourth-order valence-electron chi connectivity index (χ4n) is 1.55. The number of aryl methyl sites for hydroxylation is 1. The highest BCUT2D eigenvalue weighted by Gasteiger charge is 2.27. The maximum atomic E-state index is 10.2. The third kappa shape index (κ3) is 3.21. The quantitative estimate of drug-likeness (QED) is 0.750. The predicted molar refractivity (Wildman–Crippen MR) is 69.4 cm³/mol. The van der Waals surface area contributed by atoms with E-state index in [1.165, 1.54) is 5.56 Å². The van der Waals surface area contributed by atoms with Gasteiger partial charge in [0, 0.05) is 6.79 Å². The Hall–Kier alpha value is -1.08. The van der Waals surface area contributed by atoms with Crippen molar-refractivity contribution >= 4 is 0 Å². The standard InChI is InChI=1S/C15H22O/c1-12(2)15(3,4)14(16)11-10-13-8-6-5-7-9-13/h5-9,14,16H,1,10-11H2,2-4H3/i3D. The summed E-state index contributed by atoms with van der Waals surface area (Å²) >= 11 is 0. The van der Waals surface area contributed by atoms with E-state index in [0.29, 0.717) is 6.42 Å². The van der Waals surface area contributed by atoms with Gasteiger partial charge in [-0.1, -0.05) is 56.3 Å². The van der Waals surface area contributed by atoms with Crippen LogP contribution in [0.4, 0.5) is 0 Å². The Bertz CT molecular complexity index is 360. The molecule has 1 rings (SSSR count). The van der Waals surface area contributed by atoms with Gasteiger partial charge in [0.15, 0.2) is 0 Å². The van der Waals surface area contributed by atoms with Crippen LogP contribution in [0.2, 0.25) is 0 Å². The highest BCUT2D eigenvalue weighted by molar-refractivity contribution is 5.15. The van der Waals surface area contributed by atoms with Gasteiger partial charge in [-0.2, -0.15) is 0 Å². The van der Waals surface area contributed by atoms with Crippen LogP contribution in [0.3, 0.4) is 0 Å². The Kier molecular flexibility index (Phi) is 3.79. The van der Waals surface area contributed by atoms with Gasteiger partial charge in [-0.25, -0.2) is 0 Å². The van der Waals surface area contributed by atoms with Crippen LogP contribution in [-0.2, 0) is 6.42 Å². The Morgan fingerprint density at radius 1 is 1.50 bits per heavy atom. The molecule has 0 saturated heterocycles. The normalized spacial score (nSPS) is 17.3. The zero-order chi connectivity index (χ0) is 12.9. The Balaban J connectivity index is 2.60. The second kappa shape index (κ2) is 5.31. The summed E-state index contributed by atoms with van der Waals surface area (Å²) in [6, 6.07) is 10.1. The molecule has 0 amide bonds. The first kappa shape index (κ1) is 11.4. The summed E-state index contributed by atoms with van der Waals surface area (Å²) in [5, 5.41) is 10.2. The molecule has 1 aromatic carbocycles. The molecule has 0 radical (unpaired) electrons. The molecule has 0 heterocycles. The molecular weight excluding hydrogens is 196 g/mol. The molecule has 16 heavy (non-hydrogen) atoms. The van der Waals surface area contributed by atoms with E-state index in [0.717, 1.165) is 12.0 Å². The van der Waals surface area contributed by atoms with Crippen molar-refractivity contribution in [2.24, 2.45) is 5.41 Å². The Labute approximate surface area is 100 Å². The van der Waals surface area contributed by atoms with Crippen molar-refractivity contribution in [1.29, 1.82) is 0 Å². The first-order valence-corrected chi connectivity index (χ1v) is 5.68. The molecule has 2 unspecified atom stereocenters. The minimum absolute atomic E-state index is 0.179. The fraction of sp³-hybridized carbons (Fsp3) is 0.467. The SMILES string of the molecule is [2H]CC(C)(C(=C)C)C(O)CCc1ccccc1. The molecule has 1 nitrogen and oxygen atoms in total. The molecular formula is C15H22O. The lowest BCUT2D eigenvalue weighted by Crippen LogP contribution is -2.30. The molecule has 1 aromatic rings. The maximum absolute atomic E-state index is 10.2. The largest absolute Gasteiger partial charge is 0.392 e. The summed E-state index contributed by atoms with van der Waals surface area (Å²) < 4.78 is 7.58. The van der Waals surface area contributed by atoms with Crippen LogP contribution >= 0.6 is 0 Å². The Morgan fingerprint density at radius 2 is 2.12 bits per heavy atom. The minimum atomic E-state index is -0.502. The van der Waals surface area contributed by atoms with E-state index >= 15 is 0 Å². The van der Waals surface area contributed by atoms with Crippen LogP contribution in [-0.4, -0.2) is 11.2 Å². The van der Waals surface area contributed by atoms with Crippen molar-refractivity contribution in [1.82, 2.24) is 0 Å². The van der Waals surface area contributed by atoms with Crippen LogP contribution in [0, 0.1) is 5.41 Å². The molecule has 1 N–H and O–H groups in total. The first-order valence-electron chi connectivity index (χ1n) is 6.38. The van der Waals surface area contributed by atoms with E-state index in [-0.39, 0.29) is 6.90 Å². The topological polar surface area (TPSA) is 20.2 Å². The molecule has 88 valence electrons. The lowest BCUT2D eigenvalue weighted by Gasteiger charge is -2.31. The zero-order valence-electron chi connectivity index (χ0n) is 11.2. The number of aliphatic hydroxyl groups excluding tert-OH is 1. The van der Waals surface area contributed by atoms with E-state index in [1.807, 2.05) is 32.0 Å². The van der Waals surface area contributed by atoms with Crippen LogP contribution in [0.1, 0.15) is 34.1 Å². The van der Waals surface area contributed by atoms with E-state index in [1.54, 1.807) is 0 Å². The van der Waals surface area contributed by atoms with Gasteiger partial charge in [-0.05, 0) is 25.3 Å². The minimum Gasteiger partial charge on any atom is -0.392 e. The predicted octanol–water partition coefficient (Wildman–Crippen LogP) is 3.58. The smallest absolute Gasteiger partial charge is 0.0631 e. The van der Waals surface area contributed by atoms with Gasteiger partial charge in [0.25, 0.3) is 0 Å². The highest BCUT2D eigenvalue weighted by atomic mass is 16.3. The highest BCUT2D eigenvalue weighted by Crippen LogP contribution is 2.31. The van der Waals surface area contributed by atoms with E-state index < -0.39 is 11.5 Å². The molecule has 0 aliphatic heterocycles. The van der Waals surface area contributed by atoms with Gasteiger partial charge in [0.1, 0.15) is 0 Å². The van der Waals surface area contributed by atoms with E-state index in [4.69, 9.17) is 1.37 Å². The van der Waals surface area contributed by atoms with Gasteiger partial charge in [0.2, 0.25) is 0 Å². The third-order valence-corrected chi connectivity index (χ3v) is 3.26. The summed E-state index contributed by atoms with van der Waals surface area (Å²) in [4.78, 5) is 0. The number of hydrogen-bond acceptors (Lipinski definition) is 1. The number of benzene rings is 1. The molecule has 0 fully saturated rings. The van der Waals surface area contributed by atoms with Crippen molar-refractivity contribution in [3.63, 3.8) is 0 Å². The van der Waals surface area contributed by atoms with E-state index in [2.05, 4.69) is 18.7 Å². The second-order valence-corrected chi connectivity index (χ2v) is 4.74. The van der Waals surface area contributed by atoms with Gasteiger partial charge in [0.05, 0.1) is 6.10 Å². The monoisotopic (exact) mass is 219 g/mol. The average molecular weight is 219 g/mol. The van der Waals surface area contributed by atoms with Crippen LogP contribution < -0.4 is 0 Å². The molecule has 1 heteroatoms. The number of rotatable bonds is 5. The molecule has 0 aromatic heterocycles. The number of hydrogen-bond donors (Lipinski definition) is 1.